The van der Waals surface area contributed by atoms with Gasteiger partial charge in [-0.05, 0) is 36.3 Å². The van der Waals surface area contributed by atoms with Crippen LogP contribution in [0.15, 0.2) is 78.9 Å². The molecule has 192 valence electrons. The molecule has 0 radical (unpaired) electrons. The van der Waals surface area contributed by atoms with Crippen LogP contribution >= 0.6 is 23.6 Å². The number of nitrogens with zero attached hydrogens (tertiary/aromatic N) is 2. The number of rotatable bonds is 7. The monoisotopic (exact) mass is 545 g/mol. The molecule has 1 atom stereocenters. The summed E-state index contributed by atoms with van der Waals surface area (Å²) in [5.41, 5.74) is 8.41. The van der Waals surface area contributed by atoms with E-state index in [2.05, 4.69) is 15.5 Å². The second kappa shape index (κ2) is 11.1. The fraction of sp³-hybridized carbons (Fsp3) is 0.148. The van der Waals surface area contributed by atoms with Crippen LogP contribution in [-0.4, -0.2) is 40.5 Å². The summed E-state index contributed by atoms with van der Waals surface area (Å²) < 4.78 is 6.25. The molecule has 38 heavy (non-hydrogen) atoms. The zero-order chi connectivity index (χ0) is 26.6. The highest BCUT2D eigenvalue weighted by molar-refractivity contribution is 7.73. The van der Waals surface area contributed by atoms with E-state index >= 15 is 0 Å². The fourth-order valence-electron chi connectivity index (χ4n) is 4.30. The summed E-state index contributed by atoms with van der Waals surface area (Å²) in [5.74, 6) is -1.29. The second-order valence-corrected chi connectivity index (χ2v) is 10.2. The first-order valence-corrected chi connectivity index (χ1v) is 13.0. The summed E-state index contributed by atoms with van der Waals surface area (Å²) in [7, 11) is 0. The molecule has 0 unspecified atom stereocenters. The molecule has 9 nitrogen and oxygen atoms in total. The van der Waals surface area contributed by atoms with Crippen molar-refractivity contribution in [3.8, 4) is 11.5 Å². The number of carbonyl (C=O) groups excluding carboxylic acids is 3. The van der Waals surface area contributed by atoms with Crippen molar-refractivity contribution in [1.29, 1.82) is 0 Å². The molecule has 1 aromatic heterocycles. The lowest BCUT2D eigenvalue weighted by atomic mass is 9.87. The Balaban J connectivity index is 1.36. The molecular formula is C27H23N5O4S2. The number of ether oxygens (including phenoxy) is 1. The number of imide groups is 1. The molecule has 3 aromatic carbocycles. The van der Waals surface area contributed by atoms with Crippen LogP contribution in [0.4, 0.5) is 5.13 Å². The van der Waals surface area contributed by atoms with Crippen LogP contribution in [0.1, 0.15) is 22.6 Å². The Morgan fingerprint density at radius 1 is 1.00 bits per heavy atom. The lowest BCUT2D eigenvalue weighted by Crippen LogP contribution is -2.51. The zero-order valence-electron chi connectivity index (χ0n) is 20.0. The van der Waals surface area contributed by atoms with Crippen LogP contribution in [0.3, 0.4) is 0 Å². The van der Waals surface area contributed by atoms with E-state index in [-0.39, 0.29) is 11.6 Å². The van der Waals surface area contributed by atoms with Gasteiger partial charge in [0, 0.05) is 11.1 Å². The van der Waals surface area contributed by atoms with E-state index in [1.165, 1.54) is 0 Å². The Morgan fingerprint density at radius 2 is 1.61 bits per heavy atom. The van der Waals surface area contributed by atoms with Gasteiger partial charge in [0.1, 0.15) is 11.5 Å². The van der Waals surface area contributed by atoms with Crippen molar-refractivity contribution >= 4 is 46.4 Å². The number of carbonyl (C=O) groups is 3. The minimum Gasteiger partial charge on any atom is -0.457 e. The highest BCUT2D eigenvalue weighted by Gasteiger charge is 2.34. The molecule has 3 amide bonds. The summed E-state index contributed by atoms with van der Waals surface area (Å²) >= 11 is 6.07. The van der Waals surface area contributed by atoms with E-state index in [4.69, 9.17) is 22.7 Å². The molecule has 0 bridgehead atoms. The predicted molar refractivity (Wildman–Crippen MR) is 146 cm³/mol. The molecule has 4 N–H and O–H groups in total. The van der Waals surface area contributed by atoms with E-state index in [1.807, 2.05) is 66.7 Å². The van der Waals surface area contributed by atoms with Gasteiger partial charge in [0.2, 0.25) is 11.0 Å². The number of benzene rings is 3. The van der Waals surface area contributed by atoms with Gasteiger partial charge < -0.3 is 15.8 Å². The smallest absolute Gasteiger partial charge is 0.255 e. The summed E-state index contributed by atoms with van der Waals surface area (Å²) in [5, 5.41) is 9.35. The van der Waals surface area contributed by atoms with Crippen molar-refractivity contribution in [1.82, 2.24) is 15.5 Å². The first-order valence-electron chi connectivity index (χ1n) is 11.8. The molecule has 5 rings (SSSR count). The highest BCUT2D eigenvalue weighted by Crippen LogP contribution is 2.43. The topological polar surface area (TPSA) is 130 Å². The molecule has 0 spiro atoms. The minimum absolute atomic E-state index is 0.0597. The maximum atomic E-state index is 13.5. The SMILES string of the molecule is N[C@@H](Cc1ccccc1)C(=O)N(C(=O)CNC(=O)C1c2ccccc2Oc2ccccc21)c1n[nH]c(=S)s1. The lowest BCUT2D eigenvalue weighted by Gasteiger charge is -2.27. The number of nitrogens with two attached hydrogens (primary N) is 1. The van der Waals surface area contributed by atoms with Gasteiger partial charge in [-0.3, -0.25) is 19.5 Å². The van der Waals surface area contributed by atoms with Crippen molar-refractivity contribution in [3.63, 3.8) is 0 Å². The largest absolute Gasteiger partial charge is 0.457 e. The Hall–Kier alpha value is -4.19. The summed E-state index contributed by atoms with van der Waals surface area (Å²) in [6.45, 7) is -0.448. The number of hydrogen-bond donors (Lipinski definition) is 3. The first-order chi connectivity index (χ1) is 18.4. The third-order valence-electron chi connectivity index (χ3n) is 6.06. The number of anilines is 1. The molecule has 1 aliphatic heterocycles. The highest BCUT2D eigenvalue weighted by atomic mass is 32.1. The lowest BCUT2D eigenvalue weighted by molar-refractivity contribution is -0.129. The van der Waals surface area contributed by atoms with Gasteiger partial charge in [-0.15, -0.1) is 5.10 Å². The molecule has 0 saturated heterocycles. The first kappa shape index (κ1) is 25.5. The molecule has 11 heteroatoms. The van der Waals surface area contributed by atoms with Gasteiger partial charge >= 0.3 is 0 Å². The number of H-pyrrole nitrogens is 1. The van der Waals surface area contributed by atoms with Crippen LogP contribution in [0, 0.1) is 3.95 Å². The molecule has 0 aliphatic carbocycles. The Kier molecular flexibility index (Phi) is 7.40. The number of para-hydroxylation sites is 2. The van der Waals surface area contributed by atoms with E-state index in [1.54, 1.807) is 12.1 Å². The number of aromatic amines is 1. The van der Waals surface area contributed by atoms with Crippen molar-refractivity contribution < 1.29 is 19.1 Å². The van der Waals surface area contributed by atoms with Crippen molar-refractivity contribution in [2.24, 2.45) is 5.73 Å². The third kappa shape index (κ3) is 5.25. The maximum Gasteiger partial charge on any atom is 0.255 e. The maximum absolute atomic E-state index is 13.5. The normalized spacial score (nSPS) is 13.0. The van der Waals surface area contributed by atoms with Crippen LogP contribution in [-0.2, 0) is 20.8 Å². The van der Waals surface area contributed by atoms with Crippen molar-refractivity contribution in [3.05, 3.63) is 99.5 Å². The van der Waals surface area contributed by atoms with Crippen molar-refractivity contribution in [2.45, 2.75) is 18.4 Å². The number of amides is 3. The fourth-order valence-corrected chi connectivity index (χ4v) is 5.20. The van der Waals surface area contributed by atoms with Crippen LogP contribution in [0.5, 0.6) is 11.5 Å². The Morgan fingerprint density at radius 3 is 2.21 bits per heavy atom. The third-order valence-corrected chi connectivity index (χ3v) is 7.13. The average Bonchev–Trinajstić information content (AvgIpc) is 3.36. The summed E-state index contributed by atoms with van der Waals surface area (Å²) in [6.07, 6.45) is 0.223. The number of hydrogen-bond acceptors (Lipinski definition) is 8. The molecule has 2 heterocycles. The molecule has 0 fully saturated rings. The van der Waals surface area contributed by atoms with E-state index < -0.39 is 36.2 Å². The average molecular weight is 546 g/mol. The standard InChI is InChI=1S/C27H23N5O4S2/c28-19(14-16-8-2-1-3-9-16)25(35)32(26-30-31-27(37)38-26)22(33)15-29-24(34)23-17-10-4-6-12-20(17)36-21-13-7-5-11-18(21)23/h1-13,19,23H,14-15,28H2,(H,29,34)(H,31,37)/t19-/m0/s1. The summed E-state index contributed by atoms with van der Waals surface area (Å²) in [6, 6.07) is 22.7. The van der Waals surface area contributed by atoms with Gasteiger partial charge in [-0.25, -0.2) is 4.90 Å². The number of nitrogens with one attached hydrogen (secondary N) is 2. The summed E-state index contributed by atoms with van der Waals surface area (Å²) in [4.78, 5) is 41.0. The second-order valence-electron chi connectivity index (χ2n) is 8.59. The van der Waals surface area contributed by atoms with E-state index in [0.29, 0.717) is 26.6 Å². The van der Waals surface area contributed by atoms with E-state index in [9.17, 15) is 14.4 Å². The van der Waals surface area contributed by atoms with E-state index in [0.717, 1.165) is 21.8 Å². The Bertz CT molecular complexity index is 1510. The Labute approximate surface area is 227 Å². The van der Waals surface area contributed by atoms with Crippen LogP contribution in [0.25, 0.3) is 0 Å². The van der Waals surface area contributed by atoms with Gasteiger partial charge in [0.05, 0.1) is 18.5 Å². The molecule has 4 aromatic rings. The van der Waals surface area contributed by atoms with Crippen LogP contribution < -0.4 is 20.7 Å². The van der Waals surface area contributed by atoms with Crippen molar-refractivity contribution in [2.75, 3.05) is 11.4 Å². The van der Waals surface area contributed by atoms with Crippen LogP contribution in [0.2, 0.25) is 0 Å². The van der Waals surface area contributed by atoms with Gasteiger partial charge in [0.25, 0.3) is 11.8 Å². The van der Waals surface area contributed by atoms with Gasteiger partial charge in [0.15, 0.2) is 3.95 Å². The predicted octanol–water partition coefficient (Wildman–Crippen LogP) is 3.68. The number of aromatic nitrogens is 2. The van der Waals surface area contributed by atoms with Gasteiger partial charge in [-0.1, -0.05) is 78.1 Å². The molecule has 1 aliphatic rings. The zero-order valence-corrected chi connectivity index (χ0v) is 21.6. The minimum atomic E-state index is -1.01. The molecule has 0 saturated carbocycles. The number of fused-ring (bicyclic) bond motifs is 2. The van der Waals surface area contributed by atoms with Gasteiger partial charge in [-0.2, -0.15) is 0 Å². The quantitative estimate of drug-likeness (QED) is 0.302. The molecular weight excluding hydrogens is 522 g/mol.